The fourth-order valence-corrected chi connectivity index (χ4v) is 2.74. The Kier molecular flexibility index (Phi) is 7.07. The molecule has 4 nitrogen and oxygen atoms in total. The summed E-state index contributed by atoms with van der Waals surface area (Å²) in [4.78, 5) is 12.7. The summed E-state index contributed by atoms with van der Waals surface area (Å²) in [7, 11) is 0. The van der Waals surface area contributed by atoms with Crippen LogP contribution < -0.4 is 14.8 Å². The standard InChI is InChI=1S/C22H29NO3/c1-6-20(26-21-10-8-9-15(3)16(21)4)22(24)23-17(5)18-11-13-19(14-12-18)25-7-2/h8-14,17,20H,6-7H2,1-5H3,(H,23,24)/t17-,20-/m0/s1. The number of nitrogens with one attached hydrogen (secondary N) is 1. The predicted octanol–water partition coefficient (Wildman–Crippen LogP) is 4.74. The lowest BCUT2D eigenvalue weighted by Crippen LogP contribution is -2.39. The van der Waals surface area contributed by atoms with E-state index in [4.69, 9.17) is 9.47 Å². The maximum Gasteiger partial charge on any atom is 0.261 e. The van der Waals surface area contributed by atoms with E-state index in [1.54, 1.807) is 0 Å². The van der Waals surface area contributed by atoms with E-state index >= 15 is 0 Å². The smallest absolute Gasteiger partial charge is 0.261 e. The van der Waals surface area contributed by atoms with Gasteiger partial charge >= 0.3 is 0 Å². The Hall–Kier alpha value is -2.49. The van der Waals surface area contributed by atoms with Gasteiger partial charge in [-0.05, 0) is 69.0 Å². The highest BCUT2D eigenvalue weighted by atomic mass is 16.5. The number of carbonyl (C=O) groups excluding carboxylic acids is 1. The van der Waals surface area contributed by atoms with Gasteiger partial charge in [-0.1, -0.05) is 31.2 Å². The molecule has 2 rings (SSSR count). The summed E-state index contributed by atoms with van der Waals surface area (Å²) in [6, 6.07) is 13.6. The molecule has 0 aromatic heterocycles. The minimum absolute atomic E-state index is 0.102. The van der Waals surface area contributed by atoms with E-state index in [2.05, 4.69) is 5.32 Å². The summed E-state index contributed by atoms with van der Waals surface area (Å²) in [5.74, 6) is 1.50. The van der Waals surface area contributed by atoms with Crippen molar-refractivity contribution in [2.75, 3.05) is 6.61 Å². The Morgan fingerprint density at radius 1 is 1.08 bits per heavy atom. The molecule has 140 valence electrons. The van der Waals surface area contributed by atoms with Crippen molar-refractivity contribution >= 4 is 5.91 Å². The van der Waals surface area contributed by atoms with Gasteiger partial charge in [0.05, 0.1) is 12.6 Å². The van der Waals surface area contributed by atoms with Crippen molar-refractivity contribution in [3.63, 3.8) is 0 Å². The normalized spacial score (nSPS) is 13.0. The summed E-state index contributed by atoms with van der Waals surface area (Å²) in [5.41, 5.74) is 3.25. The molecule has 0 saturated heterocycles. The predicted molar refractivity (Wildman–Crippen MR) is 105 cm³/mol. The van der Waals surface area contributed by atoms with Crippen molar-refractivity contribution in [1.82, 2.24) is 5.32 Å². The highest BCUT2D eigenvalue weighted by molar-refractivity contribution is 5.81. The van der Waals surface area contributed by atoms with Gasteiger partial charge in [-0.15, -0.1) is 0 Å². The van der Waals surface area contributed by atoms with Crippen LogP contribution in [0.25, 0.3) is 0 Å². The number of amides is 1. The second kappa shape index (κ2) is 9.27. The van der Waals surface area contributed by atoms with E-state index < -0.39 is 6.10 Å². The monoisotopic (exact) mass is 355 g/mol. The molecule has 2 aromatic carbocycles. The van der Waals surface area contributed by atoms with Gasteiger partial charge in [-0.2, -0.15) is 0 Å². The molecule has 0 aliphatic rings. The SMILES string of the molecule is CCOc1ccc([C@H](C)NC(=O)[C@H](CC)Oc2cccc(C)c2C)cc1. The molecule has 0 fully saturated rings. The second-order valence-electron chi connectivity index (χ2n) is 6.45. The molecular formula is C22H29NO3. The zero-order valence-corrected chi connectivity index (χ0v) is 16.3. The van der Waals surface area contributed by atoms with Crippen LogP contribution in [0, 0.1) is 13.8 Å². The first-order valence-corrected chi connectivity index (χ1v) is 9.22. The first-order valence-electron chi connectivity index (χ1n) is 9.22. The molecule has 0 bridgehead atoms. The molecule has 1 N–H and O–H groups in total. The van der Waals surface area contributed by atoms with Crippen LogP contribution in [0.1, 0.15) is 49.9 Å². The van der Waals surface area contributed by atoms with Crippen molar-refractivity contribution in [3.8, 4) is 11.5 Å². The molecule has 2 aromatic rings. The average molecular weight is 355 g/mol. The van der Waals surface area contributed by atoms with Crippen molar-refractivity contribution in [2.45, 2.75) is 53.2 Å². The summed E-state index contributed by atoms with van der Waals surface area (Å²) in [6.07, 6.45) is 0.0931. The van der Waals surface area contributed by atoms with Crippen LogP contribution >= 0.6 is 0 Å². The number of benzene rings is 2. The van der Waals surface area contributed by atoms with E-state index in [1.807, 2.05) is 77.1 Å². The van der Waals surface area contributed by atoms with Gasteiger partial charge in [0.25, 0.3) is 5.91 Å². The van der Waals surface area contributed by atoms with Crippen LogP contribution in [0.2, 0.25) is 0 Å². The fraction of sp³-hybridized carbons (Fsp3) is 0.409. The molecule has 1 amide bonds. The van der Waals surface area contributed by atoms with E-state index in [9.17, 15) is 4.79 Å². The van der Waals surface area contributed by atoms with E-state index in [0.29, 0.717) is 13.0 Å². The summed E-state index contributed by atoms with van der Waals surface area (Å²) in [6.45, 7) is 10.6. The average Bonchev–Trinajstić information content (AvgIpc) is 2.63. The quantitative estimate of drug-likeness (QED) is 0.744. The zero-order chi connectivity index (χ0) is 19.1. The third kappa shape index (κ3) is 5.01. The molecule has 2 atom stereocenters. The van der Waals surface area contributed by atoms with Crippen LogP contribution in [0.5, 0.6) is 11.5 Å². The minimum atomic E-state index is -0.513. The largest absolute Gasteiger partial charge is 0.494 e. The third-order valence-electron chi connectivity index (χ3n) is 4.54. The minimum Gasteiger partial charge on any atom is -0.494 e. The summed E-state index contributed by atoms with van der Waals surface area (Å²) < 4.78 is 11.4. The topological polar surface area (TPSA) is 47.6 Å². The van der Waals surface area contributed by atoms with E-state index in [0.717, 1.165) is 28.2 Å². The maximum atomic E-state index is 12.7. The van der Waals surface area contributed by atoms with Gasteiger partial charge in [0.1, 0.15) is 11.5 Å². The number of aryl methyl sites for hydroxylation is 1. The zero-order valence-electron chi connectivity index (χ0n) is 16.3. The molecule has 4 heteroatoms. The number of hydrogen-bond acceptors (Lipinski definition) is 3. The van der Waals surface area contributed by atoms with Crippen LogP contribution in [-0.2, 0) is 4.79 Å². The van der Waals surface area contributed by atoms with Crippen LogP contribution in [0.15, 0.2) is 42.5 Å². The molecule has 26 heavy (non-hydrogen) atoms. The molecular weight excluding hydrogens is 326 g/mol. The van der Waals surface area contributed by atoms with Crippen LogP contribution in [0.4, 0.5) is 0 Å². The number of rotatable bonds is 8. The van der Waals surface area contributed by atoms with Gasteiger partial charge in [-0.25, -0.2) is 0 Å². The van der Waals surface area contributed by atoms with Crippen molar-refractivity contribution in [2.24, 2.45) is 0 Å². The Balaban J connectivity index is 2.02. The maximum absolute atomic E-state index is 12.7. The molecule has 0 aliphatic heterocycles. The molecule has 0 unspecified atom stereocenters. The lowest BCUT2D eigenvalue weighted by Gasteiger charge is -2.22. The molecule has 0 heterocycles. The van der Waals surface area contributed by atoms with Crippen LogP contribution in [0.3, 0.4) is 0 Å². The lowest BCUT2D eigenvalue weighted by molar-refractivity contribution is -0.128. The van der Waals surface area contributed by atoms with Gasteiger partial charge in [-0.3, -0.25) is 4.79 Å². The number of ether oxygens (including phenoxy) is 2. The highest BCUT2D eigenvalue weighted by Crippen LogP contribution is 2.23. The molecule has 0 aliphatic carbocycles. The van der Waals surface area contributed by atoms with Gasteiger partial charge in [0, 0.05) is 0 Å². The molecule has 0 radical (unpaired) electrons. The summed E-state index contributed by atoms with van der Waals surface area (Å²) >= 11 is 0. The second-order valence-corrected chi connectivity index (χ2v) is 6.45. The highest BCUT2D eigenvalue weighted by Gasteiger charge is 2.21. The Morgan fingerprint density at radius 3 is 2.38 bits per heavy atom. The number of carbonyl (C=O) groups is 1. The Morgan fingerprint density at radius 2 is 1.77 bits per heavy atom. The van der Waals surface area contributed by atoms with Crippen molar-refractivity contribution < 1.29 is 14.3 Å². The summed E-state index contributed by atoms with van der Waals surface area (Å²) in [5, 5.41) is 3.05. The molecule has 0 spiro atoms. The van der Waals surface area contributed by atoms with Crippen molar-refractivity contribution in [3.05, 3.63) is 59.2 Å². The van der Waals surface area contributed by atoms with Gasteiger partial charge < -0.3 is 14.8 Å². The van der Waals surface area contributed by atoms with Gasteiger partial charge in [0.2, 0.25) is 0 Å². The number of hydrogen-bond donors (Lipinski definition) is 1. The Labute approximate surface area is 156 Å². The first-order chi connectivity index (χ1) is 12.5. The van der Waals surface area contributed by atoms with Crippen LogP contribution in [-0.4, -0.2) is 18.6 Å². The van der Waals surface area contributed by atoms with E-state index in [-0.39, 0.29) is 11.9 Å². The molecule has 0 saturated carbocycles. The van der Waals surface area contributed by atoms with Crippen molar-refractivity contribution in [1.29, 1.82) is 0 Å². The Bertz CT molecular complexity index is 725. The first kappa shape index (κ1) is 19.8. The lowest BCUT2D eigenvalue weighted by atomic mass is 10.1. The van der Waals surface area contributed by atoms with E-state index in [1.165, 1.54) is 0 Å². The van der Waals surface area contributed by atoms with Gasteiger partial charge in [0.15, 0.2) is 6.10 Å². The third-order valence-corrected chi connectivity index (χ3v) is 4.54. The fourth-order valence-electron chi connectivity index (χ4n) is 2.74.